The van der Waals surface area contributed by atoms with Gasteiger partial charge < -0.3 is 102 Å². The molecule has 0 saturated carbocycles. The Balaban J connectivity index is -0.000000580. The maximum absolute atomic E-state index is 12.7. The van der Waals surface area contributed by atoms with E-state index in [1.165, 1.54) is 0 Å². The third-order valence-electron chi connectivity index (χ3n) is 21.3. The standard InChI is InChI=1S/C33H53NO7.C31H50N2O7.C20H36O4.C17H30O4.C14H24O4/c1-25(2)29(35)14-9-11-19-39-22-33(17-16-31(37)27(5)6,23-40-20-12-10-15-30(36)26(3)4)24-41-21-13-18-34-32(38)28(7)8;1-23(2)27(34)14-9-11-17-38-20-31(33-30(37)26(7)8,21-39-18-12-10-15-28(35)24(3)4)22-40-19-13-16-32-29(36)25(5)6;1-4-7-10-13-22-17-20(16-21,18-23-14-11-8-5-2)19-24-15-12-9-6-3;1-4-7-10-19-14-17(13-18,15-20-11-8-5-2)16-21-12-9-6-3;1-4-7-16-11-14(10-15,12-17-8-5-2)13-18-9-6-3/h1,3,5,7,9-24H2,2,4,6,8H3,(H,34,38);1,3,5,7,9-22H2,2,4,6,8H3,(H,32,36)(H,33,37);4-6,21H,1-3,7-19H2;4-6,18H,1-3,7-16H2;4-6,15H,1-3,7-13H2. The van der Waals surface area contributed by atoms with Crippen LogP contribution in [0.15, 0.2) is 211 Å². The summed E-state index contributed by atoms with van der Waals surface area (Å²) in [4.78, 5) is 95.6. The van der Waals surface area contributed by atoms with Crippen molar-refractivity contribution in [3.63, 3.8) is 0 Å². The molecular weight excluding hydrogens is 1840 g/mol. The van der Waals surface area contributed by atoms with Gasteiger partial charge in [-0.15, -0.1) is 59.2 Å². The SMILES string of the molecule is C=C(C)C(=O)CCCCOCC(CCC(=O)C(=C)C)(COCCCCC(=O)C(=C)C)COCCCNC(=O)C(=C)C.C=C(C)C(=O)CCCCOCC(COCCCCC(=O)C(=C)C)(COCCCNC(=O)C(=C)C)NC(=O)C(=C)C.C=CCCCOCC(CO)(COCCCC=C)COCCCC=C.C=CCCOCC(CO)(COCCC=C)COCCC=C.C=CCOCC(CO)(COCC=C)COCC=C. The molecule has 144 heavy (non-hydrogen) atoms. The lowest BCUT2D eigenvalue weighted by Crippen LogP contribution is -2.58. The van der Waals surface area contributed by atoms with Crippen molar-refractivity contribution in [3.8, 4) is 0 Å². The van der Waals surface area contributed by atoms with Gasteiger partial charge in [-0.25, -0.2) is 0 Å². The van der Waals surface area contributed by atoms with E-state index < -0.39 is 27.2 Å². The molecule has 6 N–H and O–H groups in total. The fraction of sp³-hybridized carbons (Fsp3) is 0.635. The predicted molar refractivity (Wildman–Crippen MR) is 581 cm³/mol. The van der Waals surface area contributed by atoms with Gasteiger partial charge in [0.2, 0.25) is 17.7 Å². The molecule has 0 aromatic carbocycles. The average molecular weight is 2030 g/mol. The summed E-state index contributed by atoms with van der Waals surface area (Å²) in [5.41, 5.74) is 0.774. The number of Topliss-reactive ketones (excluding diaryl/α,β-unsaturated/α-hetero) is 5. The highest BCUT2D eigenvalue weighted by molar-refractivity contribution is 5.96. The van der Waals surface area contributed by atoms with Gasteiger partial charge in [-0.2, -0.15) is 0 Å². The molecule has 0 aromatic heterocycles. The van der Waals surface area contributed by atoms with Gasteiger partial charge in [-0.05, 0) is 212 Å². The van der Waals surface area contributed by atoms with E-state index in [9.17, 15) is 53.7 Å². The van der Waals surface area contributed by atoms with E-state index in [1.807, 2.05) is 36.5 Å². The molecule has 29 heteroatoms. The van der Waals surface area contributed by atoms with Crippen molar-refractivity contribution in [2.45, 2.75) is 221 Å². The zero-order valence-corrected chi connectivity index (χ0v) is 90.4. The number of unbranched alkanes of at least 4 members (excludes halogenated alkanes) is 7. The molecule has 0 bridgehead atoms. The minimum Gasteiger partial charge on any atom is -0.396 e. The number of aliphatic hydroxyl groups excluding tert-OH is 3. The molecule has 0 aromatic rings. The Morgan fingerprint density at radius 1 is 0.229 bits per heavy atom. The first-order chi connectivity index (χ1) is 68.8. The first-order valence-electron chi connectivity index (χ1n) is 50.6. The van der Waals surface area contributed by atoms with Crippen LogP contribution in [0.5, 0.6) is 0 Å². The molecule has 0 atom stereocenters. The van der Waals surface area contributed by atoms with Gasteiger partial charge in [0, 0.05) is 127 Å². The summed E-state index contributed by atoms with van der Waals surface area (Å²) in [5.74, 6) is -0.567. The van der Waals surface area contributed by atoms with Gasteiger partial charge in [0.25, 0.3) is 0 Å². The lowest BCUT2D eigenvalue weighted by atomic mass is 9.84. The highest BCUT2D eigenvalue weighted by Crippen LogP contribution is 2.29. The van der Waals surface area contributed by atoms with Crippen molar-refractivity contribution in [1.29, 1.82) is 0 Å². The van der Waals surface area contributed by atoms with Gasteiger partial charge in [-0.1, -0.05) is 107 Å². The fourth-order valence-corrected chi connectivity index (χ4v) is 12.1. The molecule has 0 aliphatic rings. The lowest BCUT2D eigenvalue weighted by Gasteiger charge is -2.34. The van der Waals surface area contributed by atoms with Gasteiger partial charge in [0.15, 0.2) is 28.9 Å². The van der Waals surface area contributed by atoms with E-state index >= 15 is 0 Å². The van der Waals surface area contributed by atoms with E-state index in [4.69, 9.17) is 71.1 Å². The summed E-state index contributed by atoms with van der Waals surface area (Å²) in [5, 5.41) is 37.7. The Morgan fingerprint density at radius 2 is 0.438 bits per heavy atom. The number of carbonyl (C=O) groups excluding carboxylic acids is 8. The summed E-state index contributed by atoms with van der Waals surface area (Å²) in [6, 6.07) is 0. The van der Waals surface area contributed by atoms with E-state index in [-0.39, 0.29) is 86.3 Å². The second-order valence-electron chi connectivity index (χ2n) is 36.7. The van der Waals surface area contributed by atoms with Crippen LogP contribution in [-0.2, 0) is 109 Å². The van der Waals surface area contributed by atoms with Gasteiger partial charge in [-0.3, -0.25) is 38.4 Å². The second kappa shape index (κ2) is 98.0. The van der Waals surface area contributed by atoms with Crippen LogP contribution in [0.3, 0.4) is 0 Å². The van der Waals surface area contributed by atoms with Crippen LogP contribution in [0.4, 0.5) is 0 Å². The normalized spacial score (nSPS) is 11.2. The van der Waals surface area contributed by atoms with E-state index in [0.717, 1.165) is 70.6 Å². The molecule has 0 heterocycles. The van der Waals surface area contributed by atoms with Crippen molar-refractivity contribution in [3.05, 3.63) is 211 Å². The van der Waals surface area contributed by atoms with E-state index in [2.05, 4.69) is 128 Å². The van der Waals surface area contributed by atoms with Crippen LogP contribution in [0.1, 0.15) is 216 Å². The number of hydrogen-bond acceptors (Lipinski definition) is 26. The van der Waals surface area contributed by atoms with Crippen molar-refractivity contribution >= 4 is 46.6 Å². The number of hydrogen-bond donors (Lipinski definition) is 6. The van der Waals surface area contributed by atoms with Crippen LogP contribution in [0, 0.1) is 21.7 Å². The monoisotopic (exact) mass is 2030 g/mol. The number of aliphatic hydroxyl groups is 3. The molecule has 0 unspecified atom stereocenters. The van der Waals surface area contributed by atoms with Crippen LogP contribution >= 0.6 is 0 Å². The van der Waals surface area contributed by atoms with Crippen LogP contribution in [-0.4, -0.2) is 299 Å². The quantitative estimate of drug-likeness (QED) is 0.0187. The Morgan fingerprint density at radius 3 is 0.660 bits per heavy atom. The zero-order valence-electron chi connectivity index (χ0n) is 90.4. The number of rotatable bonds is 100. The summed E-state index contributed by atoms with van der Waals surface area (Å²) in [6.07, 6.45) is 33.3. The van der Waals surface area contributed by atoms with Crippen LogP contribution in [0.25, 0.3) is 0 Å². The zero-order chi connectivity index (χ0) is 109. The average Bonchev–Trinajstić information content (AvgIpc) is 0.849. The molecule has 3 amide bonds. The minimum absolute atomic E-state index is 0.0165. The fourth-order valence-electron chi connectivity index (χ4n) is 12.1. The third kappa shape index (κ3) is 84.7. The molecule has 0 radical (unpaired) electrons. The predicted octanol–water partition coefficient (Wildman–Crippen LogP) is 18.1. The minimum atomic E-state index is -0.988. The number of allylic oxidation sites excluding steroid dienone is 8. The molecular formula is C115H193N3O26. The molecule has 0 rings (SSSR count). The topological polar surface area (TPSA) is 372 Å². The molecule has 29 nitrogen and oxygen atoms in total. The number of carbonyl (C=O) groups is 8. The Hall–Kier alpha value is -8.38. The van der Waals surface area contributed by atoms with E-state index in [1.54, 1.807) is 73.6 Å². The molecule has 0 saturated heterocycles. The number of amides is 3. The van der Waals surface area contributed by atoms with Gasteiger partial charge >= 0.3 is 0 Å². The number of ketones is 5. The molecule has 824 valence electrons. The Kier molecular flexibility index (Phi) is 98.0. The number of ether oxygens (including phenoxy) is 15. The Labute approximate surface area is 868 Å². The highest BCUT2D eigenvalue weighted by Gasteiger charge is 2.37. The number of nitrogens with one attached hydrogen (secondary N) is 3. The van der Waals surface area contributed by atoms with Gasteiger partial charge in [0.1, 0.15) is 5.54 Å². The molecule has 0 aliphatic heterocycles. The molecule has 0 spiro atoms. The van der Waals surface area contributed by atoms with Crippen molar-refractivity contribution in [2.24, 2.45) is 21.7 Å². The molecule has 0 aliphatic carbocycles. The summed E-state index contributed by atoms with van der Waals surface area (Å²) >= 11 is 0. The van der Waals surface area contributed by atoms with Gasteiger partial charge in [0.05, 0.1) is 175 Å². The van der Waals surface area contributed by atoms with Crippen molar-refractivity contribution in [1.82, 2.24) is 16.0 Å². The lowest BCUT2D eigenvalue weighted by molar-refractivity contribution is -0.124. The summed E-state index contributed by atoms with van der Waals surface area (Å²) in [6.45, 7) is 88.9. The van der Waals surface area contributed by atoms with Crippen LogP contribution < -0.4 is 16.0 Å². The van der Waals surface area contributed by atoms with E-state index in [0.29, 0.717) is 326 Å². The van der Waals surface area contributed by atoms with Crippen molar-refractivity contribution in [2.75, 3.05) is 231 Å². The largest absolute Gasteiger partial charge is 0.396 e. The second-order valence-corrected chi connectivity index (χ2v) is 36.7. The summed E-state index contributed by atoms with van der Waals surface area (Å²) < 4.78 is 86.2. The third-order valence-corrected chi connectivity index (χ3v) is 21.3. The van der Waals surface area contributed by atoms with Crippen molar-refractivity contribution < 1.29 is 125 Å². The Bertz CT molecular complexity index is 3350. The summed E-state index contributed by atoms with van der Waals surface area (Å²) in [7, 11) is 0. The highest BCUT2D eigenvalue weighted by atomic mass is 16.5. The first-order valence-corrected chi connectivity index (χ1v) is 50.6. The maximum Gasteiger partial charge on any atom is 0.246 e. The molecule has 0 fully saturated rings. The smallest absolute Gasteiger partial charge is 0.246 e. The first kappa shape index (κ1) is 144. The van der Waals surface area contributed by atoms with Crippen LogP contribution in [0.2, 0.25) is 0 Å². The maximum atomic E-state index is 12.7.